The number of hydrogen-bond donors (Lipinski definition) is 1. The fourth-order valence-electron chi connectivity index (χ4n) is 2.00. The van der Waals surface area contributed by atoms with E-state index in [2.05, 4.69) is 25.9 Å². The van der Waals surface area contributed by atoms with Crippen LogP contribution in [0.25, 0.3) is 17.2 Å². The molecule has 0 atom stereocenters. The molecule has 0 aliphatic heterocycles. The third-order valence-electron chi connectivity index (χ3n) is 3.06. The van der Waals surface area contributed by atoms with Crippen LogP contribution in [0.4, 0.5) is 5.69 Å². The average Bonchev–Trinajstić information content (AvgIpc) is 2.92. The Balaban J connectivity index is 2.10. The first-order valence-corrected chi connectivity index (χ1v) is 6.97. The van der Waals surface area contributed by atoms with Gasteiger partial charge in [0.15, 0.2) is 0 Å². The topological polar surface area (TPSA) is 56.7 Å². The second-order valence-corrected chi connectivity index (χ2v) is 5.33. The van der Waals surface area contributed by atoms with Crippen molar-refractivity contribution in [3.05, 3.63) is 59.0 Å². The van der Waals surface area contributed by atoms with Gasteiger partial charge in [0, 0.05) is 28.1 Å². The second kappa shape index (κ2) is 5.09. The van der Waals surface area contributed by atoms with Crippen molar-refractivity contribution in [2.45, 2.75) is 6.92 Å². The minimum absolute atomic E-state index is 0.740. The highest BCUT2D eigenvalue weighted by molar-refractivity contribution is 9.10. The van der Waals surface area contributed by atoms with E-state index in [1.165, 1.54) is 0 Å². The van der Waals surface area contributed by atoms with Crippen molar-refractivity contribution >= 4 is 21.6 Å². The van der Waals surface area contributed by atoms with E-state index in [4.69, 9.17) is 5.73 Å². The fraction of sp³-hybridized carbons (Fsp3) is 0.0667. The molecule has 20 heavy (non-hydrogen) atoms. The number of pyridine rings is 1. The predicted molar refractivity (Wildman–Crippen MR) is 83.6 cm³/mol. The van der Waals surface area contributed by atoms with Gasteiger partial charge in [0.1, 0.15) is 11.6 Å². The zero-order chi connectivity index (χ0) is 14.1. The summed E-state index contributed by atoms with van der Waals surface area (Å²) in [5.74, 6) is 1.69. The molecule has 0 fully saturated rings. The summed E-state index contributed by atoms with van der Waals surface area (Å²) >= 11 is 3.46. The van der Waals surface area contributed by atoms with Gasteiger partial charge in [0.25, 0.3) is 0 Å². The first kappa shape index (κ1) is 12.9. The third-order valence-corrected chi connectivity index (χ3v) is 3.90. The molecule has 0 unspecified atom stereocenters. The van der Waals surface area contributed by atoms with Crippen LogP contribution in [0.1, 0.15) is 5.69 Å². The summed E-state index contributed by atoms with van der Waals surface area (Å²) in [5.41, 5.74) is 8.41. The summed E-state index contributed by atoms with van der Waals surface area (Å²) < 4.78 is 2.96. The number of hydrogen-bond acceptors (Lipinski definition) is 3. The van der Waals surface area contributed by atoms with E-state index in [0.29, 0.717) is 0 Å². The lowest BCUT2D eigenvalue weighted by Crippen LogP contribution is -2.00. The number of nitrogens with two attached hydrogens (primary N) is 1. The Kier molecular flexibility index (Phi) is 3.28. The molecule has 0 aliphatic carbocycles. The maximum Gasteiger partial charge on any atom is 0.145 e. The highest BCUT2D eigenvalue weighted by Crippen LogP contribution is 2.23. The highest BCUT2D eigenvalue weighted by atomic mass is 79.9. The fourth-order valence-corrected chi connectivity index (χ4v) is 2.22. The van der Waals surface area contributed by atoms with E-state index in [9.17, 15) is 0 Å². The molecular weight excluding hydrogens is 316 g/mol. The van der Waals surface area contributed by atoms with Crippen LogP contribution in [0.15, 0.2) is 53.3 Å². The number of benzene rings is 1. The molecule has 2 N–H and O–H groups in total. The van der Waals surface area contributed by atoms with Gasteiger partial charge in [-0.15, -0.1) is 0 Å². The Morgan fingerprint density at radius 2 is 1.85 bits per heavy atom. The smallest absolute Gasteiger partial charge is 0.145 e. The van der Waals surface area contributed by atoms with Gasteiger partial charge >= 0.3 is 0 Å². The van der Waals surface area contributed by atoms with E-state index in [1.807, 2.05) is 54.1 Å². The van der Waals surface area contributed by atoms with Crippen molar-refractivity contribution in [3.8, 4) is 17.2 Å². The molecule has 0 saturated heterocycles. The largest absolute Gasteiger partial charge is 0.399 e. The van der Waals surface area contributed by atoms with Gasteiger partial charge in [-0.2, -0.15) is 0 Å². The molecule has 3 rings (SSSR count). The van der Waals surface area contributed by atoms with Gasteiger partial charge in [0.2, 0.25) is 0 Å². The Labute approximate surface area is 125 Å². The van der Waals surface area contributed by atoms with Crippen molar-refractivity contribution in [1.29, 1.82) is 0 Å². The van der Waals surface area contributed by atoms with Crippen LogP contribution < -0.4 is 5.73 Å². The number of rotatable bonds is 2. The molecular formula is C15H13BrN4. The lowest BCUT2D eigenvalue weighted by Gasteiger charge is -2.09. The predicted octanol–water partition coefficient (Wildman–Crippen LogP) is 3.59. The van der Waals surface area contributed by atoms with Gasteiger partial charge in [-0.05, 0) is 59.3 Å². The molecule has 0 saturated carbocycles. The van der Waals surface area contributed by atoms with Gasteiger partial charge < -0.3 is 5.73 Å². The SMILES string of the molecule is Cc1nc(-n2ccnc2-c2ccc(N)cc2)ccc1Br. The Morgan fingerprint density at radius 3 is 2.55 bits per heavy atom. The first-order valence-electron chi connectivity index (χ1n) is 6.18. The summed E-state index contributed by atoms with van der Waals surface area (Å²) in [4.78, 5) is 8.99. The van der Waals surface area contributed by atoms with E-state index in [-0.39, 0.29) is 0 Å². The lowest BCUT2D eigenvalue weighted by molar-refractivity contribution is 0.980. The van der Waals surface area contributed by atoms with Gasteiger partial charge in [-0.3, -0.25) is 4.57 Å². The highest BCUT2D eigenvalue weighted by Gasteiger charge is 2.09. The van der Waals surface area contributed by atoms with Crippen molar-refractivity contribution < 1.29 is 0 Å². The monoisotopic (exact) mass is 328 g/mol. The molecule has 100 valence electrons. The molecule has 0 radical (unpaired) electrons. The van der Waals surface area contributed by atoms with Crippen LogP contribution in [0.2, 0.25) is 0 Å². The number of aromatic nitrogens is 3. The third kappa shape index (κ3) is 2.32. The number of nitrogen functional groups attached to an aromatic ring is 1. The summed E-state index contributed by atoms with van der Waals surface area (Å²) in [7, 11) is 0. The molecule has 2 aromatic heterocycles. The second-order valence-electron chi connectivity index (χ2n) is 4.48. The zero-order valence-corrected chi connectivity index (χ0v) is 12.5. The molecule has 0 amide bonds. The quantitative estimate of drug-likeness (QED) is 0.731. The molecule has 0 spiro atoms. The minimum atomic E-state index is 0.740. The molecule has 1 aromatic carbocycles. The van der Waals surface area contributed by atoms with E-state index < -0.39 is 0 Å². The van der Waals surface area contributed by atoms with E-state index in [1.54, 1.807) is 6.20 Å². The van der Waals surface area contributed by atoms with Crippen LogP contribution in [-0.4, -0.2) is 14.5 Å². The summed E-state index contributed by atoms with van der Waals surface area (Å²) in [6.45, 7) is 1.97. The lowest BCUT2D eigenvalue weighted by atomic mass is 10.2. The van der Waals surface area contributed by atoms with Crippen molar-refractivity contribution in [3.63, 3.8) is 0 Å². The normalized spacial score (nSPS) is 10.7. The summed E-state index contributed by atoms with van der Waals surface area (Å²) in [6, 6.07) is 11.6. The molecule has 4 nitrogen and oxygen atoms in total. The molecule has 5 heteroatoms. The summed E-state index contributed by atoms with van der Waals surface area (Å²) in [5, 5.41) is 0. The van der Waals surface area contributed by atoms with E-state index in [0.717, 1.165) is 33.1 Å². The van der Waals surface area contributed by atoms with Crippen LogP contribution in [-0.2, 0) is 0 Å². The number of halogens is 1. The molecule has 0 aliphatic rings. The average molecular weight is 329 g/mol. The van der Waals surface area contributed by atoms with Gasteiger partial charge in [-0.25, -0.2) is 9.97 Å². The van der Waals surface area contributed by atoms with Crippen molar-refractivity contribution in [2.24, 2.45) is 0 Å². The van der Waals surface area contributed by atoms with Gasteiger partial charge in [-0.1, -0.05) is 0 Å². The molecule has 0 bridgehead atoms. The molecule has 2 heterocycles. The van der Waals surface area contributed by atoms with Gasteiger partial charge in [0.05, 0.1) is 5.69 Å². The molecule has 3 aromatic rings. The number of aryl methyl sites for hydroxylation is 1. The maximum absolute atomic E-state index is 5.72. The number of imidazole rings is 1. The maximum atomic E-state index is 5.72. The van der Waals surface area contributed by atoms with Crippen LogP contribution in [0, 0.1) is 6.92 Å². The van der Waals surface area contributed by atoms with Crippen molar-refractivity contribution in [2.75, 3.05) is 5.73 Å². The number of anilines is 1. The van der Waals surface area contributed by atoms with Crippen LogP contribution >= 0.6 is 15.9 Å². The van der Waals surface area contributed by atoms with E-state index >= 15 is 0 Å². The standard InChI is InChI=1S/C15H13BrN4/c1-10-13(16)6-7-14(19-10)20-9-8-18-15(20)11-2-4-12(17)5-3-11/h2-9H,17H2,1H3. The first-order chi connectivity index (χ1) is 9.65. The van der Waals surface area contributed by atoms with Crippen LogP contribution in [0.3, 0.4) is 0 Å². The Morgan fingerprint density at radius 1 is 1.10 bits per heavy atom. The zero-order valence-electron chi connectivity index (χ0n) is 10.9. The Bertz CT molecular complexity index is 747. The van der Waals surface area contributed by atoms with Crippen LogP contribution in [0.5, 0.6) is 0 Å². The minimum Gasteiger partial charge on any atom is -0.399 e. The Hall–Kier alpha value is -2.14. The van der Waals surface area contributed by atoms with Crippen molar-refractivity contribution in [1.82, 2.24) is 14.5 Å². The number of nitrogens with zero attached hydrogens (tertiary/aromatic N) is 3. The summed E-state index contributed by atoms with van der Waals surface area (Å²) in [6.07, 6.45) is 3.67.